The molecule has 0 saturated carbocycles. The second-order valence-electron chi connectivity index (χ2n) is 8.50. The van der Waals surface area contributed by atoms with E-state index in [9.17, 15) is 9.18 Å². The summed E-state index contributed by atoms with van der Waals surface area (Å²) >= 11 is 0. The molecule has 3 aliphatic heterocycles. The number of anilines is 2. The average Bonchev–Trinajstić information content (AvgIpc) is 3.33. The summed E-state index contributed by atoms with van der Waals surface area (Å²) in [5.74, 6) is 1.33. The number of halogens is 1. The summed E-state index contributed by atoms with van der Waals surface area (Å²) in [6, 6.07) is 5.95. The van der Waals surface area contributed by atoms with Gasteiger partial charge in [0.25, 0.3) is 5.91 Å². The predicted octanol–water partition coefficient (Wildman–Crippen LogP) is 3.40. The molecule has 0 radical (unpaired) electrons. The molecule has 2 aromatic rings. The van der Waals surface area contributed by atoms with Gasteiger partial charge in [-0.25, -0.2) is 9.37 Å². The van der Waals surface area contributed by atoms with Crippen LogP contribution >= 0.6 is 0 Å². The Morgan fingerprint density at radius 2 is 1.63 bits per heavy atom. The van der Waals surface area contributed by atoms with E-state index in [1.807, 2.05) is 4.90 Å². The van der Waals surface area contributed by atoms with Crippen LogP contribution in [-0.2, 0) is 13.0 Å². The summed E-state index contributed by atoms with van der Waals surface area (Å²) in [7, 11) is 0. The van der Waals surface area contributed by atoms with Crippen LogP contribution in [0.5, 0.6) is 0 Å². The molecule has 1 aromatic heterocycles. The number of fused-ring (bicyclic) bond motifs is 1. The monoisotopic (exact) mass is 409 g/mol. The van der Waals surface area contributed by atoms with Gasteiger partial charge < -0.3 is 14.7 Å². The Labute approximate surface area is 176 Å². The first-order valence-electron chi connectivity index (χ1n) is 11.1. The first-order valence-corrected chi connectivity index (χ1v) is 11.1. The van der Waals surface area contributed by atoms with Crippen molar-refractivity contribution in [3.63, 3.8) is 0 Å². The first kappa shape index (κ1) is 19.3. The molecule has 0 atom stereocenters. The maximum Gasteiger partial charge on any atom is 0.254 e. The number of piperidine rings is 1. The number of rotatable bonds is 3. The van der Waals surface area contributed by atoms with Gasteiger partial charge in [0.15, 0.2) is 0 Å². The number of amides is 1. The van der Waals surface area contributed by atoms with E-state index in [1.165, 1.54) is 44.2 Å². The zero-order valence-corrected chi connectivity index (χ0v) is 17.3. The van der Waals surface area contributed by atoms with Crippen molar-refractivity contribution in [3.05, 3.63) is 46.9 Å². The van der Waals surface area contributed by atoms with Crippen molar-refractivity contribution in [1.82, 2.24) is 14.9 Å². The van der Waals surface area contributed by atoms with Gasteiger partial charge >= 0.3 is 0 Å². The molecule has 30 heavy (non-hydrogen) atoms. The van der Waals surface area contributed by atoms with Crippen LogP contribution in [0, 0.1) is 5.82 Å². The van der Waals surface area contributed by atoms with Gasteiger partial charge in [0.2, 0.25) is 5.95 Å². The SMILES string of the molecule is O=C(c1cccc(F)c1)N1CCc2nc(N3CCCC3)nc(N3CCCCC3)c2C1. The number of aromatic nitrogens is 2. The van der Waals surface area contributed by atoms with E-state index in [4.69, 9.17) is 9.97 Å². The molecule has 1 amide bonds. The zero-order valence-electron chi connectivity index (χ0n) is 17.3. The standard InChI is InChI=1S/C23H28FN5O/c24-18-8-6-7-17(15-18)22(30)29-14-9-20-19(16-29)21(27-10-2-1-3-11-27)26-23(25-20)28-12-4-5-13-28/h6-8,15H,1-5,9-14,16H2. The normalized spacial score (nSPS) is 19.2. The summed E-state index contributed by atoms with van der Waals surface area (Å²) in [6.07, 6.45) is 6.69. The lowest BCUT2D eigenvalue weighted by Crippen LogP contribution is -2.39. The van der Waals surface area contributed by atoms with E-state index in [-0.39, 0.29) is 11.7 Å². The minimum absolute atomic E-state index is 0.131. The van der Waals surface area contributed by atoms with Crippen molar-refractivity contribution < 1.29 is 9.18 Å². The van der Waals surface area contributed by atoms with Gasteiger partial charge in [0.1, 0.15) is 11.6 Å². The number of carbonyl (C=O) groups excluding carboxylic acids is 1. The minimum Gasteiger partial charge on any atom is -0.356 e. The van der Waals surface area contributed by atoms with E-state index in [0.717, 1.165) is 49.2 Å². The number of hydrogen-bond donors (Lipinski definition) is 0. The van der Waals surface area contributed by atoms with Crippen molar-refractivity contribution in [1.29, 1.82) is 0 Å². The molecule has 4 heterocycles. The number of hydrogen-bond acceptors (Lipinski definition) is 5. The smallest absolute Gasteiger partial charge is 0.254 e. The lowest BCUT2D eigenvalue weighted by atomic mass is 10.0. The van der Waals surface area contributed by atoms with E-state index >= 15 is 0 Å². The maximum atomic E-state index is 13.6. The fraction of sp³-hybridized carbons (Fsp3) is 0.522. The first-order chi connectivity index (χ1) is 14.7. The third kappa shape index (κ3) is 3.73. The van der Waals surface area contributed by atoms with Gasteiger partial charge in [0.05, 0.1) is 12.2 Å². The highest BCUT2D eigenvalue weighted by Crippen LogP contribution is 2.32. The third-order valence-corrected chi connectivity index (χ3v) is 6.43. The fourth-order valence-electron chi connectivity index (χ4n) is 4.79. The molecule has 6 nitrogen and oxygen atoms in total. The molecule has 2 fully saturated rings. The Morgan fingerprint density at radius 3 is 2.40 bits per heavy atom. The van der Waals surface area contributed by atoms with Crippen molar-refractivity contribution in [2.45, 2.75) is 45.1 Å². The summed E-state index contributed by atoms with van der Waals surface area (Å²) in [6.45, 7) is 5.11. The largest absolute Gasteiger partial charge is 0.356 e. The van der Waals surface area contributed by atoms with Crippen LogP contribution in [0.3, 0.4) is 0 Å². The lowest BCUT2D eigenvalue weighted by molar-refractivity contribution is 0.0733. The Morgan fingerprint density at radius 1 is 0.900 bits per heavy atom. The molecular weight excluding hydrogens is 381 g/mol. The van der Waals surface area contributed by atoms with E-state index < -0.39 is 0 Å². The van der Waals surface area contributed by atoms with Crippen LogP contribution < -0.4 is 9.80 Å². The molecule has 5 rings (SSSR count). The molecule has 0 bridgehead atoms. The van der Waals surface area contributed by atoms with Gasteiger partial charge in [-0.3, -0.25) is 4.79 Å². The molecule has 1 aromatic carbocycles. The van der Waals surface area contributed by atoms with Gasteiger partial charge in [-0.1, -0.05) is 6.07 Å². The second kappa shape index (κ2) is 8.20. The van der Waals surface area contributed by atoms with Crippen molar-refractivity contribution in [3.8, 4) is 0 Å². The van der Waals surface area contributed by atoms with Crippen LogP contribution in [0.15, 0.2) is 24.3 Å². The molecule has 0 aliphatic carbocycles. The van der Waals surface area contributed by atoms with E-state index in [0.29, 0.717) is 25.1 Å². The molecule has 7 heteroatoms. The number of nitrogens with zero attached hydrogens (tertiary/aromatic N) is 5. The molecule has 0 N–H and O–H groups in total. The summed E-state index contributed by atoms with van der Waals surface area (Å²) < 4.78 is 13.6. The highest BCUT2D eigenvalue weighted by atomic mass is 19.1. The molecule has 0 unspecified atom stereocenters. The zero-order chi connectivity index (χ0) is 20.5. The molecule has 3 aliphatic rings. The molecular formula is C23H28FN5O. The molecule has 158 valence electrons. The van der Waals surface area contributed by atoms with Gasteiger partial charge in [-0.2, -0.15) is 4.98 Å². The van der Waals surface area contributed by atoms with E-state index in [1.54, 1.807) is 12.1 Å². The predicted molar refractivity (Wildman–Crippen MR) is 114 cm³/mol. The van der Waals surface area contributed by atoms with Crippen molar-refractivity contribution >= 4 is 17.7 Å². The van der Waals surface area contributed by atoms with Crippen molar-refractivity contribution in [2.24, 2.45) is 0 Å². The fourth-order valence-corrected chi connectivity index (χ4v) is 4.79. The van der Waals surface area contributed by atoms with Gasteiger partial charge in [-0.15, -0.1) is 0 Å². The Hall–Kier alpha value is -2.70. The van der Waals surface area contributed by atoms with Crippen LogP contribution in [0.2, 0.25) is 0 Å². The molecule has 0 spiro atoms. The minimum atomic E-state index is -0.383. The highest BCUT2D eigenvalue weighted by molar-refractivity contribution is 5.94. The van der Waals surface area contributed by atoms with Crippen LogP contribution in [-0.4, -0.2) is 53.5 Å². The maximum absolute atomic E-state index is 13.6. The third-order valence-electron chi connectivity index (χ3n) is 6.43. The quantitative estimate of drug-likeness (QED) is 0.778. The summed E-state index contributed by atoms with van der Waals surface area (Å²) in [5, 5.41) is 0. The highest BCUT2D eigenvalue weighted by Gasteiger charge is 2.30. The van der Waals surface area contributed by atoms with Crippen molar-refractivity contribution in [2.75, 3.05) is 42.5 Å². The Kier molecular flexibility index (Phi) is 5.27. The Balaban J connectivity index is 1.48. The summed E-state index contributed by atoms with van der Waals surface area (Å²) in [5.41, 5.74) is 2.53. The average molecular weight is 410 g/mol. The van der Waals surface area contributed by atoms with Crippen LogP contribution in [0.25, 0.3) is 0 Å². The number of carbonyl (C=O) groups is 1. The second-order valence-corrected chi connectivity index (χ2v) is 8.50. The molecule has 2 saturated heterocycles. The van der Waals surface area contributed by atoms with Crippen LogP contribution in [0.4, 0.5) is 16.2 Å². The van der Waals surface area contributed by atoms with Gasteiger partial charge in [0, 0.05) is 50.3 Å². The van der Waals surface area contributed by atoms with E-state index in [2.05, 4.69) is 9.80 Å². The number of benzene rings is 1. The topological polar surface area (TPSA) is 52.6 Å². The van der Waals surface area contributed by atoms with Gasteiger partial charge in [-0.05, 0) is 50.3 Å². The van der Waals surface area contributed by atoms with Crippen LogP contribution in [0.1, 0.15) is 53.7 Å². The Bertz CT molecular complexity index is 937. The lowest BCUT2D eigenvalue weighted by Gasteiger charge is -2.35. The summed E-state index contributed by atoms with van der Waals surface area (Å²) in [4.78, 5) is 29.4.